The molecule has 1 rings (SSSR count). The van der Waals surface area contributed by atoms with Crippen LogP contribution in [0.1, 0.15) is 25.0 Å². The number of nitrogens with two attached hydrogens (primary N) is 1. The van der Waals surface area contributed by atoms with Gasteiger partial charge in [0.05, 0.1) is 0 Å². The molecular weight excluding hydrogens is 188 g/mol. The first-order valence-electron chi connectivity index (χ1n) is 5.12. The van der Waals surface area contributed by atoms with E-state index in [2.05, 4.69) is 5.32 Å². The number of aryl methyl sites for hydroxylation is 1. The zero-order valence-corrected chi connectivity index (χ0v) is 9.50. The molecule has 3 heteroatoms. The Hall–Kier alpha value is -1.35. The van der Waals surface area contributed by atoms with E-state index in [9.17, 15) is 4.79 Å². The number of likely N-dealkylation sites (N-methyl/N-ethyl adjacent to an activating group) is 1. The fourth-order valence-electron chi connectivity index (χ4n) is 1.57. The van der Waals surface area contributed by atoms with Gasteiger partial charge < -0.3 is 11.1 Å². The third-order valence-corrected chi connectivity index (χ3v) is 2.65. The zero-order chi connectivity index (χ0) is 11.5. The Bertz CT molecular complexity index is 345. The lowest BCUT2D eigenvalue weighted by Gasteiger charge is -2.27. The molecule has 0 spiro atoms. The lowest BCUT2D eigenvalue weighted by Crippen LogP contribution is -2.50. The Morgan fingerprint density at radius 1 is 1.40 bits per heavy atom. The van der Waals surface area contributed by atoms with Gasteiger partial charge in [-0.15, -0.1) is 0 Å². The van der Waals surface area contributed by atoms with Gasteiger partial charge in [-0.1, -0.05) is 36.8 Å². The first-order chi connectivity index (χ1) is 7.00. The van der Waals surface area contributed by atoms with Gasteiger partial charge in [0.2, 0.25) is 5.91 Å². The Morgan fingerprint density at radius 2 is 1.93 bits per heavy atom. The number of hydrogen-bond donors (Lipinski definition) is 2. The molecule has 1 aromatic carbocycles. The summed E-state index contributed by atoms with van der Waals surface area (Å²) < 4.78 is 0. The maximum Gasteiger partial charge on any atom is 0.242 e. The number of hydrogen-bond acceptors (Lipinski definition) is 2. The first kappa shape index (κ1) is 11.7. The average molecular weight is 206 g/mol. The summed E-state index contributed by atoms with van der Waals surface area (Å²) in [5.74, 6) is -0.354. The molecular formula is C12H18N2O. The number of carbonyl (C=O) groups is 1. The second-order valence-corrected chi connectivity index (χ2v) is 3.89. The fourth-order valence-corrected chi connectivity index (χ4v) is 1.57. The second-order valence-electron chi connectivity index (χ2n) is 3.89. The summed E-state index contributed by atoms with van der Waals surface area (Å²) in [6.45, 7) is 6.48. The maximum absolute atomic E-state index is 11.5. The summed E-state index contributed by atoms with van der Waals surface area (Å²) in [5.41, 5.74) is 6.72. The quantitative estimate of drug-likeness (QED) is 0.780. The largest absolute Gasteiger partial charge is 0.368 e. The predicted molar refractivity (Wildman–Crippen MR) is 61.4 cm³/mol. The van der Waals surface area contributed by atoms with E-state index in [1.807, 2.05) is 45.0 Å². The molecule has 0 bridgehead atoms. The van der Waals surface area contributed by atoms with Gasteiger partial charge in [-0.05, 0) is 26.0 Å². The molecule has 0 saturated carbocycles. The molecule has 0 aliphatic carbocycles. The first-order valence-corrected chi connectivity index (χ1v) is 5.12. The highest BCUT2D eigenvalue weighted by atomic mass is 16.1. The van der Waals surface area contributed by atoms with Crippen molar-refractivity contribution in [2.45, 2.75) is 26.3 Å². The van der Waals surface area contributed by atoms with Crippen LogP contribution in [0, 0.1) is 6.92 Å². The number of amides is 1. The number of carbonyl (C=O) groups excluding carboxylic acids is 1. The summed E-state index contributed by atoms with van der Waals surface area (Å²) in [4.78, 5) is 11.5. The molecule has 82 valence electrons. The smallest absolute Gasteiger partial charge is 0.242 e. The van der Waals surface area contributed by atoms with Crippen LogP contribution in [0.2, 0.25) is 0 Å². The van der Waals surface area contributed by atoms with Gasteiger partial charge in [-0.25, -0.2) is 0 Å². The summed E-state index contributed by atoms with van der Waals surface area (Å²) in [6, 6.07) is 7.83. The molecule has 3 nitrogen and oxygen atoms in total. The van der Waals surface area contributed by atoms with Crippen molar-refractivity contribution >= 4 is 5.91 Å². The van der Waals surface area contributed by atoms with Crippen molar-refractivity contribution in [1.82, 2.24) is 5.32 Å². The molecule has 0 heterocycles. The van der Waals surface area contributed by atoms with Gasteiger partial charge in [0.1, 0.15) is 5.54 Å². The van der Waals surface area contributed by atoms with Crippen LogP contribution >= 0.6 is 0 Å². The topological polar surface area (TPSA) is 55.1 Å². The molecule has 0 aliphatic rings. The standard InChI is InChI=1S/C12H18N2O/c1-4-14-12(3,11(13)15)10-7-5-9(2)6-8-10/h5-8,14H,4H2,1-3H3,(H2,13,15). The summed E-state index contributed by atoms with van der Waals surface area (Å²) >= 11 is 0. The van der Waals surface area contributed by atoms with Crippen molar-refractivity contribution in [3.63, 3.8) is 0 Å². The summed E-state index contributed by atoms with van der Waals surface area (Å²) in [7, 11) is 0. The molecule has 0 radical (unpaired) electrons. The number of primary amides is 1. The molecule has 1 unspecified atom stereocenters. The van der Waals surface area contributed by atoms with Crippen molar-refractivity contribution in [3.8, 4) is 0 Å². The molecule has 15 heavy (non-hydrogen) atoms. The van der Waals surface area contributed by atoms with Crippen LogP contribution < -0.4 is 11.1 Å². The van der Waals surface area contributed by atoms with E-state index in [1.54, 1.807) is 0 Å². The Morgan fingerprint density at radius 3 is 2.33 bits per heavy atom. The van der Waals surface area contributed by atoms with Crippen molar-refractivity contribution in [2.24, 2.45) is 5.73 Å². The van der Waals surface area contributed by atoms with E-state index < -0.39 is 5.54 Å². The molecule has 3 N–H and O–H groups in total. The van der Waals surface area contributed by atoms with Crippen molar-refractivity contribution in [2.75, 3.05) is 6.54 Å². The third kappa shape index (κ3) is 2.36. The van der Waals surface area contributed by atoms with Crippen molar-refractivity contribution in [3.05, 3.63) is 35.4 Å². The SMILES string of the molecule is CCNC(C)(C(N)=O)c1ccc(C)cc1. The third-order valence-electron chi connectivity index (χ3n) is 2.65. The van der Waals surface area contributed by atoms with Crippen LogP contribution in [0.5, 0.6) is 0 Å². The number of nitrogens with one attached hydrogen (secondary N) is 1. The minimum Gasteiger partial charge on any atom is -0.368 e. The van der Waals surface area contributed by atoms with Gasteiger partial charge in [0, 0.05) is 0 Å². The lowest BCUT2D eigenvalue weighted by atomic mass is 9.90. The van der Waals surface area contributed by atoms with Crippen LogP contribution in [0.25, 0.3) is 0 Å². The molecule has 1 amide bonds. The van der Waals surface area contributed by atoms with Gasteiger partial charge in [-0.3, -0.25) is 4.79 Å². The molecule has 0 aliphatic heterocycles. The molecule has 0 aromatic heterocycles. The van der Waals surface area contributed by atoms with Crippen molar-refractivity contribution in [1.29, 1.82) is 0 Å². The lowest BCUT2D eigenvalue weighted by molar-refractivity contribution is -0.124. The van der Waals surface area contributed by atoms with Crippen LogP contribution in [-0.2, 0) is 10.3 Å². The van der Waals surface area contributed by atoms with Crippen LogP contribution in [0.4, 0.5) is 0 Å². The highest BCUT2D eigenvalue weighted by Crippen LogP contribution is 2.20. The van der Waals surface area contributed by atoms with Crippen LogP contribution in [0.3, 0.4) is 0 Å². The second kappa shape index (κ2) is 4.45. The summed E-state index contributed by atoms with van der Waals surface area (Å²) in [5, 5.41) is 3.12. The molecule has 0 saturated heterocycles. The number of benzene rings is 1. The average Bonchev–Trinajstić information content (AvgIpc) is 2.18. The minimum atomic E-state index is -0.775. The molecule has 1 aromatic rings. The molecule has 1 atom stereocenters. The maximum atomic E-state index is 11.5. The Balaban J connectivity index is 3.09. The highest BCUT2D eigenvalue weighted by Gasteiger charge is 2.31. The minimum absolute atomic E-state index is 0.354. The van der Waals surface area contributed by atoms with Gasteiger partial charge in [0.25, 0.3) is 0 Å². The summed E-state index contributed by atoms with van der Waals surface area (Å²) in [6.07, 6.45) is 0. The van der Waals surface area contributed by atoms with Crippen molar-refractivity contribution < 1.29 is 4.79 Å². The van der Waals surface area contributed by atoms with E-state index in [-0.39, 0.29) is 5.91 Å². The van der Waals surface area contributed by atoms with Crippen LogP contribution in [-0.4, -0.2) is 12.5 Å². The Kier molecular flexibility index (Phi) is 3.48. The number of rotatable bonds is 4. The Labute approximate surface area is 90.7 Å². The fraction of sp³-hybridized carbons (Fsp3) is 0.417. The van der Waals surface area contributed by atoms with Gasteiger partial charge in [0.15, 0.2) is 0 Å². The molecule has 0 fully saturated rings. The van der Waals surface area contributed by atoms with E-state index in [4.69, 9.17) is 5.73 Å². The monoisotopic (exact) mass is 206 g/mol. The zero-order valence-electron chi connectivity index (χ0n) is 9.50. The normalized spacial score (nSPS) is 14.6. The van der Waals surface area contributed by atoms with E-state index in [0.717, 1.165) is 5.56 Å². The van der Waals surface area contributed by atoms with Gasteiger partial charge >= 0.3 is 0 Å². The van der Waals surface area contributed by atoms with E-state index >= 15 is 0 Å². The predicted octanol–water partition coefficient (Wildman–Crippen LogP) is 1.31. The van der Waals surface area contributed by atoms with E-state index in [1.165, 1.54) is 5.56 Å². The highest BCUT2D eigenvalue weighted by molar-refractivity contribution is 5.85. The van der Waals surface area contributed by atoms with E-state index in [0.29, 0.717) is 6.54 Å². The van der Waals surface area contributed by atoms with Crippen LogP contribution in [0.15, 0.2) is 24.3 Å². The van der Waals surface area contributed by atoms with Gasteiger partial charge in [-0.2, -0.15) is 0 Å².